The van der Waals surface area contributed by atoms with Crippen molar-refractivity contribution >= 4 is 34.1 Å². The van der Waals surface area contributed by atoms with Gasteiger partial charge in [-0.2, -0.15) is 0 Å². The highest BCUT2D eigenvalue weighted by Gasteiger charge is 2.51. The summed E-state index contributed by atoms with van der Waals surface area (Å²) < 4.78 is 0. The average Bonchev–Trinajstić information content (AvgIpc) is 3.50. The first-order valence-corrected chi connectivity index (χ1v) is 26.7. The smallest absolute Gasteiger partial charge is 0.0496 e. The second-order valence-corrected chi connectivity index (χ2v) is 22.9. The number of aryl methyl sites for hydroxylation is 4. The lowest BCUT2D eigenvalue weighted by molar-refractivity contribution is -0.00518. The Morgan fingerprint density at radius 1 is 0.426 bits per heavy atom. The van der Waals surface area contributed by atoms with Crippen molar-refractivity contribution in [3.8, 4) is 11.1 Å². The molecule has 5 saturated carbocycles. The third-order valence-corrected chi connectivity index (χ3v) is 18.2. The van der Waals surface area contributed by atoms with E-state index in [4.69, 9.17) is 0 Å². The van der Waals surface area contributed by atoms with Crippen molar-refractivity contribution in [3.63, 3.8) is 0 Å². The fourth-order valence-electron chi connectivity index (χ4n) is 15.1. The number of para-hydroxylation sites is 1. The predicted molar refractivity (Wildman–Crippen MR) is 285 cm³/mol. The summed E-state index contributed by atoms with van der Waals surface area (Å²) in [5.41, 5.74) is 22.2. The lowest BCUT2D eigenvalue weighted by Gasteiger charge is -2.57. The van der Waals surface area contributed by atoms with Crippen LogP contribution in [-0.4, -0.2) is 0 Å². The van der Waals surface area contributed by atoms with Gasteiger partial charge in [-0.05, 0) is 222 Å². The molecule has 68 heavy (non-hydrogen) atoms. The van der Waals surface area contributed by atoms with Crippen LogP contribution >= 0.6 is 0 Å². The number of hydrogen-bond donors (Lipinski definition) is 0. The maximum absolute atomic E-state index is 2.61. The van der Waals surface area contributed by atoms with Crippen LogP contribution < -0.4 is 9.80 Å². The van der Waals surface area contributed by atoms with E-state index in [1.807, 2.05) is 0 Å². The lowest BCUT2D eigenvalue weighted by Crippen LogP contribution is -2.48. The van der Waals surface area contributed by atoms with E-state index in [0.29, 0.717) is 11.3 Å². The van der Waals surface area contributed by atoms with Gasteiger partial charge in [0.05, 0.1) is 0 Å². The average molecular weight is 889 g/mol. The number of hydrogen-bond acceptors (Lipinski definition) is 2. The molecular formula is C66H68N2. The van der Waals surface area contributed by atoms with E-state index in [9.17, 15) is 0 Å². The number of anilines is 6. The minimum absolute atomic E-state index is 0.0772. The SMILES string of the molecule is CC1(C)c2ccccc2-c2ccc(N(c3ccc(C4CCCCCC4)cc3)c3cc4ccc3CCc3ccc(c(N(c5ccccc5)c5ccc(C67CC8CC(CC(C8)C6)C7)cc5)c3)CC4)cc21. The van der Waals surface area contributed by atoms with Crippen LogP contribution in [0.15, 0.2) is 158 Å². The van der Waals surface area contributed by atoms with Crippen molar-refractivity contribution in [3.05, 3.63) is 202 Å². The first-order valence-electron chi connectivity index (χ1n) is 26.7. The standard InChI is InChI=1S/C66H68N2/c1-65(2)61-17-11-10-16-59(61)60-35-34-58(41-62(60)65)68(56-30-26-51(27-31-56)50-12-6-3-4-7-13-50)64-40-46-19-23-52-22-18-45(20-24-53(64)25-21-46)39-63(52)67(55-14-8-5-9-15-55)57-32-28-54(29-33-57)66-42-47-36-48(43-66)38-49(37-47)44-66/h5,8-11,14-18,21-22,25-35,39-41,47-50H,3-4,6-7,12-13,19-20,23-24,36-38,42-44H2,1-2H3. The molecule has 7 aromatic rings. The molecule has 2 nitrogen and oxygen atoms in total. The molecular weight excluding hydrogens is 821 g/mol. The van der Waals surface area contributed by atoms with Gasteiger partial charge < -0.3 is 9.80 Å². The Morgan fingerprint density at radius 3 is 1.56 bits per heavy atom. The van der Waals surface area contributed by atoms with Gasteiger partial charge in [0.25, 0.3) is 0 Å². The van der Waals surface area contributed by atoms with E-state index in [2.05, 4.69) is 181 Å². The molecule has 8 bridgehead atoms. The van der Waals surface area contributed by atoms with E-state index in [1.54, 1.807) is 5.56 Å². The van der Waals surface area contributed by atoms with Crippen molar-refractivity contribution in [2.45, 2.75) is 133 Å². The zero-order valence-electron chi connectivity index (χ0n) is 40.5. The summed E-state index contributed by atoms with van der Waals surface area (Å²) in [5, 5.41) is 0. The quantitative estimate of drug-likeness (QED) is 0.140. The van der Waals surface area contributed by atoms with Crippen LogP contribution in [0.5, 0.6) is 0 Å². The summed E-state index contributed by atoms with van der Waals surface area (Å²) in [7, 11) is 0. The van der Waals surface area contributed by atoms with Crippen molar-refractivity contribution in [1.82, 2.24) is 0 Å². The fraction of sp³-hybridized carbons (Fsp3) is 0.364. The summed E-state index contributed by atoms with van der Waals surface area (Å²) in [6, 6.07) is 62.2. The molecule has 0 radical (unpaired) electrons. The molecule has 5 fully saturated rings. The molecule has 0 amide bonds. The van der Waals surface area contributed by atoms with Gasteiger partial charge in [-0.25, -0.2) is 0 Å². The molecule has 0 aromatic heterocycles. The number of nitrogens with zero attached hydrogens (tertiary/aromatic N) is 2. The molecule has 0 saturated heterocycles. The zero-order chi connectivity index (χ0) is 45.4. The van der Waals surface area contributed by atoms with Crippen molar-refractivity contribution < 1.29 is 0 Å². The minimum atomic E-state index is -0.0772. The van der Waals surface area contributed by atoms with E-state index >= 15 is 0 Å². The van der Waals surface area contributed by atoms with Crippen molar-refractivity contribution in [1.29, 1.82) is 0 Å². The van der Waals surface area contributed by atoms with Gasteiger partial charge >= 0.3 is 0 Å². The zero-order valence-corrected chi connectivity index (χ0v) is 40.5. The number of rotatable bonds is 8. The second kappa shape index (κ2) is 17.0. The van der Waals surface area contributed by atoms with E-state index in [1.165, 1.54) is 161 Å². The summed E-state index contributed by atoms with van der Waals surface area (Å²) in [6.45, 7) is 4.82. The Balaban J connectivity index is 0.867. The monoisotopic (exact) mass is 889 g/mol. The molecule has 17 rings (SSSR count). The summed E-state index contributed by atoms with van der Waals surface area (Å²) in [5.74, 6) is 3.51. The first kappa shape index (κ1) is 42.3. The highest BCUT2D eigenvalue weighted by atomic mass is 15.2. The molecule has 7 aromatic carbocycles. The lowest BCUT2D eigenvalue weighted by atomic mass is 9.48. The third kappa shape index (κ3) is 7.44. The number of benzene rings is 7. The highest BCUT2D eigenvalue weighted by molar-refractivity contribution is 5.86. The van der Waals surface area contributed by atoms with Gasteiger partial charge in [0.1, 0.15) is 0 Å². The molecule has 10 aliphatic rings. The minimum Gasteiger partial charge on any atom is -0.310 e. The maximum atomic E-state index is 2.61. The van der Waals surface area contributed by atoms with Crippen LogP contribution in [0.1, 0.15) is 141 Å². The normalized spacial score (nSPS) is 23.4. The summed E-state index contributed by atoms with van der Waals surface area (Å²) in [4.78, 5) is 5.17. The Labute approximate surface area is 406 Å². The highest BCUT2D eigenvalue weighted by Crippen LogP contribution is 2.61. The topological polar surface area (TPSA) is 6.48 Å². The second-order valence-electron chi connectivity index (χ2n) is 22.9. The van der Waals surface area contributed by atoms with Crippen LogP contribution in [0.2, 0.25) is 0 Å². The molecule has 0 atom stereocenters. The van der Waals surface area contributed by atoms with E-state index in [-0.39, 0.29) is 5.41 Å². The van der Waals surface area contributed by atoms with Crippen molar-refractivity contribution in [2.75, 3.05) is 9.80 Å². The van der Waals surface area contributed by atoms with E-state index in [0.717, 1.165) is 43.4 Å². The molecule has 0 heterocycles. The molecule has 0 N–H and O–H groups in total. The van der Waals surface area contributed by atoms with Crippen LogP contribution in [0.25, 0.3) is 11.1 Å². The summed E-state index contributed by atoms with van der Waals surface area (Å²) >= 11 is 0. The van der Waals surface area contributed by atoms with Gasteiger partial charge in [0, 0.05) is 39.5 Å². The molecule has 0 unspecified atom stereocenters. The van der Waals surface area contributed by atoms with Crippen LogP contribution in [-0.2, 0) is 36.5 Å². The maximum Gasteiger partial charge on any atom is 0.0496 e. The van der Waals surface area contributed by atoms with Crippen LogP contribution in [0.3, 0.4) is 0 Å². The summed E-state index contributed by atoms with van der Waals surface area (Å²) in [6.07, 6.45) is 20.6. The van der Waals surface area contributed by atoms with Crippen molar-refractivity contribution in [2.24, 2.45) is 17.8 Å². The molecule has 2 heteroatoms. The molecule has 10 aliphatic carbocycles. The van der Waals surface area contributed by atoms with Gasteiger partial charge in [-0.1, -0.05) is 137 Å². The predicted octanol–water partition coefficient (Wildman–Crippen LogP) is 17.7. The van der Waals surface area contributed by atoms with Crippen LogP contribution in [0.4, 0.5) is 34.1 Å². The fourth-order valence-corrected chi connectivity index (χ4v) is 15.1. The van der Waals surface area contributed by atoms with Gasteiger partial charge in [0.2, 0.25) is 0 Å². The van der Waals surface area contributed by atoms with Gasteiger partial charge in [-0.15, -0.1) is 0 Å². The van der Waals surface area contributed by atoms with E-state index < -0.39 is 0 Å². The first-order chi connectivity index (χ1) is 33.3. The van der Waals surface area contributed by atoms with Gasteiger partial charge in [0.15, 0.2) is 0 Å². The Morgan fingerprint density at radius 2 is 0.941 bits per heavy atom. The number of fused-ring (bicyclic) bond motifs is 3. The molecule has 0 aliphatic heterocycles. The van der Waals surface area contributed by atoms with Gasteiger partial charge in [-0.3, -0.25) is 0 Å². The largest absolute Gasteiger partial charge is 0.310 e. The Kier molecular flexibility index (Phi) is 10.5. The molecule has 342 valence electrons. The third-order valence-electron chi connectivity index (χ3n) is 18.2. The Bertz CT molecular complexity index is 2930. The molecule has 0 spiro atoms. The Hall–Kier alpha value is -5.86. The van der Waals surface area contributed by atoms with Crippen LogP contribution in [0, 0.1) is 17.8 Å².